The van der Waals surface area contributed by atoms with Crippen LogP contribution in [-0.4, -0.2) is 42.4 Å². The van der Waals surface area contributed by atoms with Crippen LogP contribution in [0.15, 0.2) is 54.6 Å². The number of hydrogen-bond acceptors (Lipinski definition) is 4. The molecule has 2 aromatic carbocycles. The van der Waals surface area contributed by atoms with E-state index in [2.05, 4.69) is 10.6 Å². The van der Waals surface area contributed by atoms with Crippen LogP contribution >= 0.6 is 0 Å². The molecule has 1 heterocycles. The van der Waals surface area contributed by atoms with Gasteiger partial charge in [0.05, 0.1) is 12.1 Å². The zero-order valence-corrected chi connectivity index (χ0v) is 19.7. The molecular weight excluding hydrogens is 402 g/mol. The van der Waals surface area contributed by atoms with E-state index in [1.165, 1.54) is 0 Å². The number of amides is 2. The summed E-state index contributed by atoms with van der Waals surface area (Å²) in [4.78, 5) is 28.1. The topological polar surface area (TPSA) is 70.7 Å². The Morgan fingerprint density at radius 2 is 1.75 bits per heavy atom. The lowest BCUT2D eigenvalue weighted by Crippen LogP contribution is -2.57. The molecule has 0 aliphatic carbocycles. The molecule has 0 saturated carbocycles. The number of hydrogen-bond donors (Lipinski definition) is 2. The number of nitrogens with zero attached hydrogens (tertiary/aromatic N) is 1. The third-order valence-corrected chi connectivity index (χ3v) is 5.98. The minimum absolute atomic E-state index is 0.0361. The largest absolute Gasteiger partial charge is 0.457 e. The number of likely N-dealkylation sites (N-methyl/N-ethyl adjacent to an activating group) is 1. The van der Waals surface area contributed by atoms with Crippen molar-refractivity contribution < 1.29 is 14.3 Å². The van der Waals surface area contributed by atoms with Crippen LogP contribution < -0.4 is 15.4 Å². The Balaban J connectivity index is 1.81. The average molecular weight is 438 g/mol. The summed E-state index contributed by atoms with van der Waals surface area (Å²) in [6.07, 6.45) is 1.82. The fourth-order valence-corrected chi connectivity index (χ4v) is 4.00. The molecule has 1 fully saturated rings. The number of carbonyl (C=O) groups excluding carboxylic acids is 2. The second-order valence-corrected chi connectivity index (χ2v) is 9.50. The summed E-state index contributed by atoms with van der Waals surface area (Å²) < 4.78 is 6.00. The summed E-state index contributed by atoms with van der Waals surface area (Å²) in [7, 11) is 1.74. The lowest BCUT2D eigenvalue weighted by atomic mass is 9.85. The number of benzene rings is 2. The van der Waals surface area contributed by atoms with Crippen LogP contribution in [0.1, 0.15) is 52.1 Å². The van der Waals surface area contributed by atoms with Crippen molar-refractivity contribution in [1.29, 1.82) is 0 Å². The predicted molar refractivity (Wildman–Crippen MR) is 127 cm³/mol. The molecule has 6 heteroatoms. The molecule has 32 heavy (non-hydrogen) atoms. The van der Waals surface area contributed by atoms with E-state index in [-0.39, 0.29) is 23.9 Å². The highest BCUT2D eigenvalue weighted by molar-refractivity contribution is 5.90. The van der Waals surface area contributed by atoms with Gasteiger partial charge < -0.3 is 20.3 Å². The zero-order valence-electron chi connectivity index (χ0n) is 19.7. The Kier molecular flexibility index (Phi) is 7.56. The molecule has 6 nitrogen and oxygen atoms in total. The van der Waals surface area contributed by atoms with Crippen LogP contribution in [-0.2, 0) is 9.59 Å². The van der Waals surface area contributed by atoms with Crippen LogP contribution in [0.4, 0.5) is 0 Å². The molecule has 172 valence electrons. The van der Waals surface area contributed by atoms with Gasteiger partial charge in [-0.2, -0.15) is 0 Å². The van der Waals surface area contributed by atoms with Gasteiger partial charge in [-0.15, -0.1) is 0 Å². The van der Waals surface area contributed by atoms with Crippen LogP contribution in [0, 0.1) is 5.41 Å². The van der Waals surface area contributed by atoms with Gasteiger partial charge in [0.2, 0.25) is 11.8 Å². The highest BCUT2D eigenvalue weighted by Gasteiger charge is 2.40. The smallest absolute Gasteiger partial charge is 0.246 e. The third-order valence-electron chi connectivity index (χ3n) is 5.98. The van der Waals surface area contributed by atoms with E-state index in [0.29, 0.717) is 6.54 Å². The third kappa shape index (κ3) is 5.68. The van der Waals surface area contributed by atoms with E-state index in [4.69, 9.17) is 4.74 Å². The number of likely N-dealkylation sites (tertiary alicyclic amines) is 1. The maximum Gasteiger partial charge on any atom is 0.246 e. The van der Waals surface area contributed by atoms with Gasteiger partial charge in [0, 0.05) is 6.54 Å². The molecule has 2 amide bonds. The van der Waals surface area contributed by atoms with Gasteiger partial charge in [-0.1, -0.05) is 51.1 Å². The van der Waals surface area contributed by atoms with Crippen LogP contribution in [0.2, 0.25) is 0 Å². The standard InChI is InChI=1S/C26H35N3O3/c1-18(27-5)24(30)28-23(26(2,3)4)25(31)29-16-10-15-22(29)19-11-9-14-21(17-19)32-20-12-7-6-8-13-20/h6-9,11-14,17-18,22-23,27H,10,15-16H2,1-5H3,(H,28,30)/t18-,22-,23+/m0/s1. The molecule has 0 radical (unpaired) electrons. The van der Waals surface area contributed by atoms with Crippen molar-refractivity contribution >= 4 is 11.8 Å². The van der Waals surface area contributed by atoms with E-state index in [0.717, 1.165) is 29.9 Å². The van der Waals surface area contributed by atoms with Gasteiger partial charge in [-0.25, -0.2) is 0 Å². The summed E-state index contributed by atoms with van der Waals surface area (Å²) in [5.74, 6) is 1.32. The van der Waals surface area contributed by atoms with Crippen molar-refractivity contribution in [3.63, 3.8) is 0 Å². The van der Waals surface area contributed by atoms with E-state index in [1.54, 1.807) is 14.0 Å². The summed E-state index contributed by atoms with van der Waals surface area (Å²) in [5, 5.41) is 5.92. The number of nitrogens with one attached hydrogen (secondary N) is 2. The summed E-state index contributed by atoms with van der Waals surface area (Å²) in [6.45, 7) is 8.42. The SMILES string of the molecule is CN[C@@H](C)C(=O)N[C@H](C(=O)N1CCC[C@H]1c1cccc(Oc2ccccc2)c1)C(C)(C)C. The maximum absolute atomic E-state index is 13.7. The normalized spacial score (nSPS) is 18.2. The first-order valence-electron chi connectivity index (χ1n) is 11.3. The van der Waals surface area contributed by atoms with Crippen LogP contribution in [0.25, 0.3) is 0 Å². The Labute approximate surface area is 191 Å². The molecule has 3 rings (SSSR count). The first-order valence-corrected chi connectivity index (χ1v) is 11.3. The van der Waals surface area contributed by atoms with Crippen LogP contribution in [0.3, 0.4) is 0 Å². The Bertz CT molecular complexity index is 923. The fraction of sp³-hybridized carbons (Fsp3) is 0.462. The number of rotatable bonds is 7. The molecule has 0 aromatic heterocycles. The minimum Gasteiger partial charge on any atom is -0.457 e. The number of ether oxygens (including phenoxy) is 1. The summed E-state index contributed by atoms with van der Waals surface area (Å²) in [5.41, 5.74) is 0.637. The maximum atomic E-state index is 13.7. The van der Waals surface area contributed by atoms with Gasteiger partial charge in [0.25, 0.3) is 0 Å². The first kappa shape index (κ1) is 23.8. The molecule has 3 atom stereocenters. The molecule has 0 bridgehead atoms. The van der Waals surface area contributed by atoms with Crippen molar-refractivity contribution in [1.82, 2.24) is 15.5 Å². The Morgan fingerprint density at radius 3 is 2.41 bits per heavy atom. The average Bonchev–Trinajstić information content (AvgIpc) is 3.26. The monoisotopic (exact) mass is 437 g/mol. The van der Waals surface area contributed by atoms with E-state index in [9.17, 15) is 9.59 Å². The van der Waals surface area contributed by atoms with Crippen molar-refractivity contribution in [3.8, 4) is 11.5 Å². The van der Waals surface area contributed by atoms with Gasteiger partial charge in [-0.3, -0.25) is 9.59 Å². The minimum atomic E-state index is -0.602. The van der Waals surface area contributed by atoms with Crippen molar-refractivity contribution in [3.05, 3.63) is 60.2 Å². The molecule has 1 aliphatic heterocycles. The second kappa shape index (κ2) is 10.2. The lowest BCUT2D eigenvalue weighted by Gasteiger charge is -2.36. The van der Waals surface area contributed by atoms with Crippen molar-refractivity contribution in [2.75, 3.05) is 13.6 Å². The molecule has 2 N–H and O–H groups in total. The number of carbonyl (C=O) groups is 2. The molecule has 1 aliphatic rings. The number of para-hydroxylation sites is 1. The van der Waals surface area contributed by atoms with Crippen LogP contribution in [0.5, 0.6) is 11.5 Å². The molecule has 1 saturated heterocycles. The summed E-state index contributed by atoms with van der Waals surface area (Å²) >= 11 is 0. The summed E-state index contributed by atoms with van der Waals surface area (Å²) in [6, 6.07) is 16.6. The Hall–Kier alpha value is -2.86. The van der Waals surface area contributed by atoms with Crippen molar-refractivity contribution in [2.24, 2.45) is 5.41 Å². The fourth-order valence-electron chi connectivity index (χ4n) is 4.00. The quantitative estimate of drug-likeness (QED) is 0.678. The van der Waals surface area contributed by atoms with Gasteiger partial charge in [0.1, 0.15) is 17.5 Å². The molecular formula is C26H35N3O3. The predicted octanol–water partition coefficient (Wildman–Crippen LogP) is 4.28. The molecule has 0 spiro atoms. The van der Waals surface area contributed by atoms with Gasteiger partial charge in [-0.05, 0) is 62.1 Å². The lowest BCUT2D eigenvalue weighted by molar-refractivity contribution is -0.140. The van der Waals surface area contributed by atoms with E-state index < -0.39 is 11.5 Å². The molecule has 2 aromatic rings. The van der Waals surface area contributed by atoms with E-state index >= 15 is 0 Å². The zero-order chi connectivity index (χ0) is 23.3. The highest BCUT2D eigenvalue weighted by Crippen LogP contribution is 2.36. The van der Waals surface area contributed by atoms with Crippen molar-refractivity contribution in [2.45, 2.75) is 58.7 Å². The second-order valence-electron chi connectivity index (χ2n) is 9.50. The highest BCUT2D eigenvalue weighted by atomic mass is 16.5. The molecule has 0 unspecified atom stereocenters. The van der Waals surface area contributed by atoms with Gasteiger partial charge in [0.15, 0.2) is 0 Å². The van der Waals surface area contributed by atoms with Gasteiger partial charge >= 0.3 is 0 Å². The first-order chi connectivity index (χ1) is 15.2. The Morgan fingerprint density at radius 1 is 1.06 bits per heavy atom. The van der Waals surface area contributed by atoms with E-state index in [1.807, 2.05) is 80.3 Å².